The van der Waals surface area contributed by atoms with E-state index in [-0.39, 0.29) is 0 Å². The van der Waals surface area contributed by atoms with E-state index in [2.05, 4.69) is 21.4 Å². The minimum atomic E-state index is 0.706. The molecule has 2 heterocycles. The van der Waals surface area contributed by atoms with E-state index in [0.717, 1.165) is 42.6 Å². The van der Waals surface area contributed by atoms with Crippen LogP contribution in [0.4, 0.5) is 5.13 Å². The molecule has 1 saturated heterocycles. The molecular formula is C15H20N4S. The van der Waals surface area contributed by atoms with Gasteiger partial charge in [-0.3, -0.25) is 0 Å². The normalized spacial score (nSPS) is 19.2. The second kappa shape index (κ2) is 6.33. The van der Waals surface area contributed by atoms with E-state index < -0.39 is 0 Å². The predicted molar refractivity (Wildman–Crippen MR) is 84.0 cm³/mol. The van der Waals surface area contributed by atoms with Crippen molar-refractivity contribution in [1.82, 2.24) is 9.36 Å². The zero-order valence-corrected chi connectivity index (χ0v) is 12.4. The number of benzene rings is 1. The van der Waals surface area contributed by atoms with E-state index in [1.807, 2.05) is 18.2 Å². The standard InChI is InChI=1S/C15H20N4S/c16-9-8-12-5-4-10-19(11-12)15-17-14(18-20-15)13-6-2-1-3-7-13/h1-3,6-7,12H,4-5,8-11,16H2. The molecule has 1 fully saturated rings. The van der Waals surface area contributed by atoms with Crippen LogP contribution in [0.15, 0.2) is 30.3 Å². The summed E-state index contributed by atoms with van der Waals surface area (Å²) in [5.74, 6) is 1.55. The smallest absolute Gasteiger partial charge is 0.205 e. The number of nitrogens with two attached hydrogens (primary N) is 1. The SMILES string of the molecule is NCCC1CCCN(c2nc(-c3ccccc3)ns2)C1. The zero-order valence-electron chi connectivity index (χ0n) is 11.5. The fourth-order valence-corrected chi connectivity index (χ4v) is 3.48. The second-order valence-electron chi connectivity index (χ2n) is 5.30. The highest BCUT2D eigenvalue weighted by molar-refractivity contribution is 7.09. The summed E-state index contributed by atoms with van der Waals surface area (Å²) in [6.45, 7) is 2.94. The van der Waals surface area contributed by atoms with Crippen LogP contribution in [-0.2, 0) is 0 Å². The zero-order chi connectivity index (χ0) is 13.8. The summed E-state index contributed by atoms with van der Waals surface area (Å²) in [5.41, 5.74) is 6.77. The molecule has 1 atom stereocenters. The van der Waals surface area contributed by atoms with Crippen LogP contribution in [0.2, 0.25) is 0 Å². The van der Waals surface area contributed by atoms with Crippen LogP contribution in [0.25, 0.3) is 11.4 Å². The highest BCUT2D eigenvalue weighted by Crippen LogP contribution is 2.28. The van der Waals surface area contributed by atoms with E-state index in [1.165, 1.54) is 24.4 Å². The molecule has 1 aliphatic heterocycles. The molecule has 1 unspecified atom stereocenters. The average Bonchev–Trinajstić information content (AvgIpc) is 2.99. The van der Waals surface area contributed by atoms with Gasteiger partial charge >= 0.3 is 0 Å². The first kappa shape index (κ1) is 13.5. The number of piperidine rings is 1. The maximum absolute atomic E-state index is 5.68. The van der Waals surface area contributed by atoms with Crippen molar-refractivity contribution in [2.45, 2.75) is 19.3 Å². The molecule has 0 bridgehead atoms. The molecule has 106 valence electrons. The fourth-order valence-electron chi connectivity index (χ4n) is 2.76. The van der Waals surface area contributed by atoms with Crippen LogP contribution >= 0.6 is 11.5 Å². The van der Waals surface area contributed by atoms with Crippen LogP contribution in [-0.4, -0.2) is 29.0 Å². The number of hydrogen-bond donors (Lipinski definition) is 1. The Morgan fingerprint density at radius 1 is 1.30 bits per heavy atom. The van der Waals surface area contributed by atoms with Crippen molar-refractivity contribution < 1.29 is 0 Å². The number of hydrogen-bond acceptors (Lipinski definition) is 5. The monoisotopic (exact) mass is 288 g/mol. The van der Waals surface area contributed by atoms with Crippen molar-refractivity contribution in [1.29, 1.82) is 0 Å². The van der Waals surface area contributed by atoms with Gasteiger partial charge in [-0.2, -0.15) is 9.36 Å². The molecule has 0 amide bonds. The van der Waals surface area contributed by atoms with Gasteiger partial charge in [-0.1, -0.05) is 30.3 Å². The Morgan fingerprint density at radius 2 is 2.15 bits per heavy atom. The Hall–Kier alpha value is -1.46. The molecule has 5 heteroatoms. The molecule has 0 spiro atoms. The summed E-state index contributed by atoms with van der Waals surface area (Å²) >= 11 is 1.50. The summed E-state index contributed by atoms with van der Waals surface area (Å²) in [7, 11) is 0. The van der Waals surface area contributed by atoms with Crippen molar-refractivity contribution >= 4 is 16.7 Å². The van der Waals surface area contributed by atoms with Gasteiger partial charge in [0.1, 0.15) is 0 Å². The third kappa shape index (κ3) is 2.99. The van der Waals surface area contributed by atoms with Crippen LogP contribution < -0.4 is 10.6 Å². The maximum atomic E-state index is 5.68. The van der Waals surface area contributed by atoms with Crippen molar-refractivity contribution in [3.05, 3.63) is 30.3 Å². The van der Waals surface area contributed by atoms with Crippen LogP contribution in [0.3, 0.4) is 0 Å². The second-order valence-corrected chi connectivity index (χ2v) is 6.03. The molecule has 4 nitrogen and oxygen atoms in total. The Labute approximate surface area is 123 Å². The van der Waals surface area contributed by atoms with Gasteiger partial charge < -0.3 is 10.6 Å². The van der Waals surface area contributed by atoms with E-state index >= 15 is 0 Å². The summed E-state index contributed by atoms with van der Waals surface area (Å²) in [6, 6.07) is 10.2. The van der Waals surface area contributed by atoms with Gasteiger partial charge in [-0.15, -0.1) is 0 Å². The summed E-state index contributed by atoms with van der Waals surface area (Å²) in [5, 5.41) is 1.05. The molecule has 1 aliphatic rings. The van der Waals surface area contributed by atoms with Crippen LogP contribution in [0.1, 0.15) is 19.3 Å². The molecule has 0 radical (unpaired) electrons. The lowest BCUT2D eigenvalue weighted by Crippen LogP contribution is -2.36. The van der Waals surface area contributed by atoms with Crippen molar-refractivity contribution in [3.63, 3.8) is 0 Å². The van der Waals surface area contributed by atoms with Crippen molar-refractivity contribution in [2.24, 2.45) is 11.7 Å². The van der Waals surface area contributed by atoms with Crippen molar-refractivity contribution in [3.8, 4) is 11.4 Å². The number of aromatic nitrogens is 2. The molecule has 0 saturated carbocycles. The Balaban J connectivity index is 1.73. The Morgan fingerprint density at radius 3 is 2.95 bits per heavy atom. The van der Waals surface area contributed by atoms with Gasteiger partial charge in [0.2, 0.25) is 5.13 Å². The summed E-state index contributed by atoms with van der Waals surface area (Å²) in [6.07, 6.45) is 3.63. The van der Waals surface area contributed by atoms with Gasteiger partial charge in [0.05, 0.1) is 0 Å². The van der Waals surface area contributed by atoms with Crippen molar-refractivity contribution in [2.75, 3.05) is 24.5 Å². The van der Waals surface area contributed by atoms with E-state index in [4.69, 9.17) is 10.7 Å². The maximum Gasteiger partial charge on any atom is 0.205 e. The van der Waals surface area contributed by atoms with Gasteiger partial charge in [-0.25, -0.2) is 0 Å². The van der Waals surface area contributed by atoms with E-state index in [1.54, 1.807) is 0 Å². The number of anilines is 1. The largest absolute Gasteiger partial charge is 0.347 e. The third-order valence-electron chi connectivity index (χ3n) is 3.81. The highest BCUT2D eigenvalue weighted by Gasteiger charge is 2.22. The molecule has 3 rings (SSSR count). The fraction of sp³-hybridized carbons (Fsp3) is 0.467. The summed E-state index contributed by atoms with van der Waals surface area (Å²) < 4.78 is 4.50. The van der Waals surface area contributed by atoms with Gasteiger partial charge in [0.15, 0.2) is 5.82 Å². The molecule has 1 aromatic carbocycles. The highest BCUT2D eigenvalue weighted by atomic mass is 32.1. The van der Waals surface area contributed by atoms with Gasteiger partial charge in [0.25, 0.3) is 0 Å². The molecule has 2 aromatic rings. The van der Waals surface area contributed by atoms with Gasteiger partial charge in [-0.05, 0) is 31.7 Å². The van der Waals surface area contributed by atoms with E-state index in [0.29, 0.717) is 5.92 Å². The summed E-state index contributed by atoms with van der Waals surface area (Å²) in [4.78, 5) is 7.07. The minimum absolute atomic E-state index is 0.706. The average molecular weight is 288 g/mol. The topological polar surface area (TPSA) is 55.0 Å². The number of nitrogens with zero attached hydrogens (tertiary/aromatic N) is 3. The Kier molecular flexibility index (Phi) is 4.28. The lowest BCUT2D eigenvalue weighted by molar-refractivity contribution is 0.396. The lowest BCUT2D eigenvalue weighted by Gasteiger charge is -2.32. The minimum Gasteiger partial charge on any atom is -0.347 e. The molecular weight excluding hydrogens is 268 g/mol. The first-order valence-corrected chi connectivity index (χ1v) is 7.98. The Bertz CT molecular complexity index is 538. The quantitative estimate of drug-likeness (QED) is 0.940. The lowest BCUT2D eigenvalue weighted by atomic mass is 9.95. The van der Waals surface area contributed by atoms with E-state index in [9.17, 15) is 0 Å². The number of rotatable bonds is 4. The van der Waals surface area contributed by atoms with Crippen LogP contribution in [0, 0.1) is 5.92 Å². The molecule has 0 aliphatic carbocycles. The third-order valence-corrected chi connectivity index (χ3v) is 4.59. The first-order chi connectivity index (χ1) is 9.86. The predicted octanol–water partition coefficient (Wildman–Crippen LogP) is 2.77. The first-order valence-electron chi connectivity index (χ1n) is 7.21. The molecule has 20 heavy (non-hydrogen) atoms. The molecule has 2 N–H and O–H groups in total. The van der Waals surface area contributed by atoms with Crippen LogP contribution in [0.5, 0.6) is 0 Å². The van der Waals surface area contributed by atoms with Gasteiger partial charge in [0, 0.05) is 30.2 Å². The molecule has 1 aromatic heterocycles.